The molecule has 0 saturated carbocycles. The van der Waals surface area contributed by atoms with Gasteiger partial charge < -0.3 is 10.2 Å². The minimum absolute atomic E-state index is 0. The Labute approximate surface area is 65.1 Å². The van der Waals surface area contributed by atoms with Gasteiger partial charge in [-0.15, -0.1) is 0 Å². The molecule has 2 heteroatoms. The van der Waals surface area contributed by atoms with Gasteiger partial charge in [0.15, 0.2) is 0 Å². The molecule has 0 radical (unpaired) electrons. The number of likely N-dealkylation sites (tertiary alicyclic amines) is 1. The van der Waals surface area contributed by atoms with Crippen LogP contribution in [0.2, 0.25) is 0 Å². The molecule has 2 nitrogen and oxygen atoms in total. The van der Waals surface area contributed by atoms with Crippen molar-refractivity contribution in [2.45, 2.75) is 19.4 Å². The van der Waals surface area contributed by atoms with Crippen molar-refractivity contribution in [1.82, 2.24) is 10.2 Å². The maximum Gasteiger partial charge on any atom is 0.0232 e. The summed E-state index contributed by atoms with van der Waals surface area (Å²) in [5.74, 6) is 0.870. The molecule has 1 heterocycles. The molecule has 62 valence electrons. The molecular weight excluding hydrogens is 124 g/mol. The Morgan fingerprint density at radius 2 is 2.30 bits per heavy atom. The molecule has 0 aromatic heterocycles. The van der Waals surface area contributed by atoms with Gasteiger partial charge in [0.1, 0.15) is 0 Å². The number of rotatable bonds is 2. The van der Waals surface area contributed by atoms with Gasteiger partial charge in [-0.05, 0) is 20.0 Å². The van der Waals surface area contributed by atoms with Crippen LogP contribution < -0.4 is 5.32 Å². The molecule has 0 aromatic carbocycles. The molecule has 0 amide bonds. The normalized spacial score (nSPS) is 35.1. The minimum atomic E-state index is 0. The van der Waals surface area contributed by atoms with E-state index in [1.807, 2.05) is 0 Å². The van der Waals surface area contributed by atoms with Gasteiger partial charge in [0.05, 0.1) is 0 Å². The molecule has 2 atom stereocenters. The van der Waals surface area contributed by atoms with Crippen molar-refractivity contribution in [2.75, 3.05) is 27.2 Å². The fourth-order valence-electron chi connectivity index (χ4n) is 1.83. The lowest BCUT2D eigenvalue weighted by molar-refractivity contribution is 0.392. The first kappa shape index (κ1) is 8.02. The van der Waals surface area contributed by atoms with Gasteiger partial charge in [0, 0.05) is 20.6 Å². The SMILES string of the molecule is CC[C@@H]1CN(C)C[C@@H]1NC.[HH]. The monoisotopic (exact) mass is 144 g/mol. The van der Waals surface area contributed by atoms with E-state index in [4.69, 9.17) is 0 Å². The average Bonchev–Trinajstić information content (AvgIpc) is 2.30. The quantitative estimate of drug-likeness (QED) is 0.616. The fraction of sp³-hybridized carbons (Fsp3) is 1.00. The van der Waals surface area contributed by atoms with Crippen molar-refractivity contribution in [3.63, 3.8) is 0 Å². The molecule has 0 bridgehead atoms. The first-order valence-electron chi connectivity index (χ1n) is 4.13. The van der Waals surface area contributed by atoms with E-state index in [-0.39, 0.29) is 1.43 Å². The molecule has 1 aliphatic rings. The van der Waals surface area contributed by atoms with Crippen LogP contribution in [0.15, 0.2) is 0 Å². The van der Waals surface area contributed by atoms with Crippen LogP contribution in [0.3, 0.4) is 0 Å². The Morgan fingerprint density at radius 1 is 1.60 bits per heavy atom. The molecule has 1 aliphatic heterocycles. The molecule has 1 N–H and O–H groups in total. The summed E-state index contributed by atoms with van der Waals surface area (Å²) >= 11 is 0. The second kappa shape index (κ2) is 3.35. The summed E-state index contributed by atoms with van der Waals surface area (Å²) in [4.78, 5) is 2.40. The first-order valence-corrected chi connectivity index (χ1v) is 4.13. The lowest BCUT2D eigenvalue weighted by atomic mass is 10.0. The van der Waals surface area contributed by atoms with Crippen LogP contribution in [0, 0.1) is 5.92 Å². The maximum absolute atomic E-state index is 3.35. The van der Waals surface area contributed by atoms with Gasteiger partial charge in [-0.25, -0.2) is 0 Å². The Balaban J connectivity index is 0.000001000. The van der Waals surface area contributed by atoms with E-state index in [1.54, 1.807) is 0 Å². The summed E-state index contributed by atoms with van der Waals surface area (Å²) in [5, 5.41) is 3.35. The van der Waals surface area contributed by atoms with Crippen molar-refractivity contribution in [2.24, 2.45) is 5.92 Å². The Hall–Kier alpha value is -0.0800. The third-order valence-corrected chi connectivity index (χ3v) is 2.52. The van der Waals surface area contributed by atoms with Gasteiger partial charge in [-0.2, -0.15) is 0 Å². The van der Waals surface area contributed by atoms with Crippen molar-refractivity contribution < 1.29 is 1.43 Å². The summed E-state index contributed by atoms with van der Waals surface area (Å²) in [6.07, 6.45) is 1.30. The number of likely N-dealkylation sites (N-methyl/N-ethyl adjacent to an activating group) is 2. The predicted molar refractivity (Wildman–Crippen MR) is 46.2 cm³/mol. The highest BCUT2D eigenvalue weighted by atomic mass is 15.2. The maximum atomic E-state index is 3.35. The molecule has 1 fully saturated rings. The average molecular weight is 144 g/mol. The lowest BCUT2D eigenvalue weighted by Crippen LogP contribution is -2.32. The fourth-order valence-corrected chi connectivity index (χ4v) is 1.83. The number of nitrogens with one attached hydrogen (secondary N) is 1. The molecule has 0 aliphatic carbocycles. The summed E-state index contributed by atoms with van der Waals surface area (Å²) in [5.41, 5.74) is 0. The zero-order valence-corrected chi connectivity index (χ0v) is 7.22. The highest BCUT2D eigenvalue weighted by molar-refractivity contribution is 4.85. The largest absolute Gasteiger partial charge is 0.315 e. The molecule has 0 spiro atoms. The number of nitrogens with zero attached hydrogens (tertiary/aromatic N) is 1. The third kappa shape index (κ3) is 1.50. The van der Waals surface area contributed by atoms with Gasteiger partial charge in [-0.1, -0.05) is 13.3 Å². The van der Waals surface area contributed by atoms with Crippen molar-refractivity contribution in [3.8, 4) is 0 Å². The molecule has 10 heavy (non-hydrogen) atoms. The minimum Gasteiger partial charge on any atom is -0.315 e. The predicted octanol–water partition coefficient (Wildman–Crippen LogP) is 0.792. The van der Waals surface area contributed by atoms with E-state index >= 15 is 0 Å². The van der Waals surface area contributed by atoms with E-state index in [2.05, 4.69) is 31.2 Å². The number of hydrogen-bond acceptors (Lipinski definition) is 2. The van der Waals surface area contributed by atoms with Crippen LogP contribution in [0.1, 0.15) is 14.8 Å². The zero-order chi connectivity index (χ0) is 7.56. The smallest absolute Gasteiger partial charge is 0.0232 e. The molecule has 1 saturated heterocycles. The highest BCUT2D eigenvalue weighted by Crippen LogP contribution is 2.17. The van der Waals surface area contributed by atoms with E-state index in [1.165, 1.54) is 19.5 Å². The van der Waals surface area contributed by atoms with E-state index in [9.17, 15) is 0 Å². The van der Waals surface area contributed by atoms with Gasteiger partial charge in [0.2, 0.25) is 0 Å². The van der Waals surface area contributed by atoms with E-state index in [0.29, 0.717) is 0 Å². The summed E-state index contributed by atoms with van der Waals surface area (Å²) in [7, 11) is 4.26. The van der Waals surface area contributed by atoms with Crippen LogP contribution in [-0.2, 0) is 0 Å². The molecule has 0 unspecified atom stereocenters. The molecule has 1 rings (SSSR count). The van der Waals surface area contributed by atoms with Crippen LogP contribution in [-0.4, -0.2) is 38.1 Å². The third-order valence-electron chi connectivity index (χ3n) is 2.52. The Kier molecular flexibility index (Phi) is 2.69. The number of hydrogen-bond donors (Lipinski definition) is 1. The van der Waals surface area contributed by atoms with Crippen LogP contribution in [0.25, 0.3) is 0 Å². The van der Waals surface area contributed by atoms with Crippen LogP contribution in [0.5, 0.6) is 0 Å². The van der Waals surface area contributed by atoms with Gasteiger partial charge in [-0.3, -0.25) is 0 Å². The van der Waals surface area contributed by atoms with Crippen molar-refractivity contribution in [3.05, 3.63) is 0 Å². The zero-order valence-electron chi connectivity index (χ0n) is 7.22. The standard InChI is InChI=1S/C8H18N2.H2/c1-4-7-5-10(3)6-8(7)9-2;/h7-9H,4-6H2,1-3H3;1H/t7-,8+;/m1./s1. The second-order valence-electron chi connectivity index (χ2n) is 3.28. The van der Waals surface area contributed by atoms with Gasteiger partial charge in [0.25, 0.3) is 0 Å². The lowest BCUT2D eigenvalue weighted by Gasteiger charge is -2.14. The van der Waals surface area contributed by atoms with Gasteiger partial charge >= 0.3 is 0 Å². The van der Waals surface area contributed by atoms with Crippen LogP contribution >= 0.6 is 0 Å². The Bertz CT molecular complexity index is 96.3. The first-order chi connectivity index (χ1) is 4.77. The topological polar surface area (TPSA) is 15.3 Å². The summed E-state index contributed by atoms with van der Waals surface area (Å²) in [6, 6.07) is 0.731. The molecule has 0 aromatic rings. The Morgan fingerprint density at radius 3 is 2.70 bits per heavy atom. The van der Waals surface area contributed by atoms with Crippen LogP contribution in [0.4, 0.5) is 0 Å². The van der Waals surface area contributed by atoms with Crippen molar-refractivity contribution in [1.29, 1.82) is 0 Å². The molecular formula is C8H20N2. The second-order valence-corrected chi connectivity index (χ2v) is 3.28. The van der Waals surface area contributed by atoms with E-state index < -0.39 is 0 Å². The summed E-state index contributed by atoms with van der Waals surface area (Å²) < 4.78 is 0. The summed E-state index contributed by atoms with van der Waals surface area (Å²) in [6.45, 7) is 4.76. The highest BCUT2D eigenvalue weighted by Gasteiger charge is 2.27. The van der Waals surface area contributed by atoms with E-state index in [0.717, 1.165) is 12.0 Å². The van der Waals surface area contributed by atoms with Crippen molar-refractivity contribution >= 4 is 0 Å².